The summed E-state index contributed by atoms with van der Waals surface area (Å²) in [4.78, 5) is 24.5. The minimum absolute atomic E-state index is 0.233. The molecule has 0 saturated heterocycles. The highest BCUT2D eigenvalue weighted by Gasteiger charge is 2.35. The van der Waals surface area contributed by atoms with Crippen LogP contribution in [0.25, 0.3) is 0 Å². The predicted molar refractivity (Wildman–Crippen MR) is 74.3 cm³/mol. The van der Waals surface area contributed by atoms with E-state index in [9.17, 15) is 22.8 Å². The average molecular weight is 317 g/mol. The van der Waals surface area contributed by atoms with E-state index in [4.69, 9.17) is 4.74 Å². The predicted octanol–water partition coefficient (Wildman–Crippen LogP) is 3.12. The quantitative estimate of drug-likeness (QED) is 0.598. The zero-order valence-electron chi connectivity index (χ0n) is 12.4. The van der Waals surface area contributed by atoms with Crippen LogP contribution in [0.1, 0.15) is 35.7 Å². The van der Waals surface area contributed by atoms with Crippen LogP contribution in [0.15, 0.2) is 24.3 Å². The van der Waals surface area contributed by atoms with Crippen molar-refractivity contribution in [2.24, 2.45) is 0 Å². The van der Waals surface area contributed by atoms with Gasteiger partial charge in [-0.05, 0) is 18.6 Å². The molecule has 1 rings (SSSR count). The van der Waals surface area contributed by atoms with E-state index < -0.39 is 35.7 Å². The molecule has 0 aliphatic rings. The molecule has 0 aliphatic carbocycles. The van der Waals surface area contributed by atoms with Gasteiger partial charge in [0, 0.05) is 7.05 Å². The first-order valence-corrected chi connectivity index (χ1v) is 6.84. The molecule has 0 spiro atoms. The fraction of sp³-hybridized carbons (Fsp3) is 0.467. The van der Waals surface area contributed by atoms with Crippen molar-refractivity contribution in [3.8, 4) is 0 Å². The third-order valence-electron chi connectivity index (χ3n) is 2.94. The van der Waals surface area contributed by atoms with Gasteiger partial charge < -0.3 is 9.64 Å². The standard InChI is InChI=1S/C15H18F3NO3/c1-3-4-9-22-13(20)10-19(2)14(21)11-7-5-6-8-12(11)15(16,17)18/h5-8H,3-4,9-10H2,1-2H3. The Bertz CT molecular complexity index is 529. The normalized spacial score (nSPS) is 11.1. The molecule has 0 fully saturated rings. The maximum Gasteiger partial charge on any atom is 0.417 e. The first-order chi connectivity index (χ1) is 10.3. The summed E-state index contributed by atoms with van der Waals surface area (Å²) in [5.41, 5.74) is -1.51. The number of rotatable bonds is 6. The molecular formula is C15H18F3NO3. The van der Waals surface area contributed by atoms with Crippen LogP contribution in [-0.2, 0) is 15.7 Å². The van der Waals surface area contributed by atoms with Crippen molar-refractivity contribution in [1.29, 1.82) is 0 Å². The highest BCUT2D eigenvalue weighted by molar-refractivity contribution is 5.97. The Morgan fingerprint density at radius 2 is 1.86 bits per heavy atom. The van der Waals surface area contributed by atoms with Crippen LogP contribution in [0, 0.1) is 0 Å². The van der Waals surface area contributed by atoms with Gasteiger partial charge >= 0.3 is 12.1 Å². The highest BCUT2D eigenvalue weighted by Crippen LogP contribution is 2.32. The van der Waals surface area contributed by atoms with Crippen molar-refractivity contribution < 1.29 is 27.5 Å². The van der Waals surface area contributed by atoms with Crippen LogP contribution in [0.2, 0.25) is 0 Å². The van der Waals surface area contributed by atoms with Crippen molar-refractivity contribution in [1.82, 2.24) is 4.90 Å². The molecule has 0 unspecified atom stereocenters. The lowest BCUT2D eigenvalue weighted by Crippen LogP contribution is -2.34. The monoisotopic (exact) mass is 317 g/mol. The first-order valence-electron chi connectivity index (χ1n) is 6.84. The number of hydrogen-bond acceptors (Lipinski definition) is 3. The number of nitrogens with zero attached hydrogens (tertiary/aromatic N) is 1. The molecule has 122 valence electrons. The molecule has 0 atom stereocenters. The largest absolute Gasteiger partial charge is 0.464 e. The summed E-state index contributed by atoms with van der Waals surface area (Å²) in [5, 5.41) is 0. The summed E-state index contributed by atoms with van der Waals surface area (Å²) in [6, 6.07) is 4.47. The van der Waals surface area contributed by atoms with Crippen LogP contribution >= 0.6 is 0 Å². The number of likely N-dealkylation sites (N-methyl/N-ethyl adjacent to an activating group) is 1. The molecule has 0 bridgehead atoms. The summed E-state index contributed by atoms with van der Waals surface area (Å²) >= 11 is 0. The van der Waals surface area contributed by atoms with E-state index >= 15 is 0 Å². The SMILES string of the molecule is CCCCOC(=O)CN(C)C(=O)c1ccccc1C(F)(F)F. The average Bonchev–Trinajstić information content (AvgIpc) is 2.45. The Labute approximate surface area is 126 Å². The van der Waals surface area contributed by atoms with E-state index in [-0.39, 0.29) is 6.61 Å². The third-order valence-corrected chi connectivity index (χ3v) is 2.94. The Morgan fingerprint density at radius 1 is 1.23 bits per heavy atom. The number of alkyl halides is 3. The summed E-state index contributed by atoms with van der Waals surface area (Å²) in [6.45, 7) is 1.77. The van der Waals surface area contributed by atoms with Gasteiger partial charge in [0.15, 0.2) is 0 Å². The van der Waals surface area contributed by atoms with Crippen LogP contribution in [-0.4, -0.2) is 37.0 Å². The van der Waals surface area contributed by atoms with Gasteiger partial charge in [0.1, 0.15) is 6.54 Å². The minimum atomic E-state index is -4.63. The van der Waals surface area contributed by atoms with Crippen LogP contribution in [0.4, 0.5) is 13.2 Å². The molecule has 1 amide bonds. The molecule has 0 radical (unpaired) electrons. The maximum atomic E-state index is 12.9. The number of benzene rings is 1. The van der Waals surface area contributed by atoms with Gasteiger partial charge in [0.05, 0.1) is 17.7 Å². The molecule has 1 aromatic rings. The fourth-order valence-electron chi connectivity index (χ4n) is 1.76. The molecule has 4 nitrogen and oxygen atoms in total. The molecule has 7 heteroatoms. The van der Waals surface area contributed by atoms with Crippen LogP contribution < -0.4 is 0 Å². The number of unbranched alkanes of at least 4 members (excludes halogenated alkanes) is 1. The lowest BCUT2D eigenvalue weighted by molar-refractivity contribution is -0.144. The van der Waals surface area contributed by atoms with Crippen molar-refractivity contribution >= 4 is 11.9 Å². The van der Waals surface area contributed by atoms with Crippen molar-refractivity contribution in [3.05, 3.63) is 35.4 Å². The number of ether oxygens (including phenoxy) is 1. The fourth-order valence-corrected chi connectivity index (χ4v) is 1.76. The van der Waals surface area contributed by atoms with Gasteiger partial charge in [-0.25, -0.2) is 0 Å². The second-order valence-electron chi connectivity index (χ2n) is 4.78. The minimum Gasteiger partial charge on any atom is -0.464 e. The Hall–Kier alpha value is -2.05. The number of carbonyl (C=O) groups is 2. The molecule has 22 heavy (non-hydrogen) atoms. The van der Waals surface area contributed by atoms with Gasteiger partial charge in [0.2, 0.25) is 0 Å². The summed E-state index contributed by atoms with van der Waals surface area (Å²) < 4.78 is 43.5. The highest BCUT2D eigenvalue weighted by atomic mass is 19.4. The van der Waals surface area contributed by atoms with Gasteiger partial charge in [-0.1, -0.05) is 25.5 Å². The molecule has 0 aliphatic heterocycles. The Balaban J connectivity index is 2.78. The second-order valence-corrected chi connectivity index (χ2v) is 4.78. The van der Waals surface area contributed by atoms with Gasteiger partial charge in [-0.2, -0.15) is 13.2 Å². The van der Waals surface area contributed by atoms with E-state index in [1.54, 1.807) is 0 Å². The first kappa shape index (κ1) is 18.0. The number of carbonyl (C=O) groups excluding carboxylic acids is 2. The van der Waals surface area contributed by atoms with Gasteiger partial charge in [-0.15, -0.1) is 0 Å². The number of hydrogen-bond donors (Lipinski definition) is 0. The summed E-state index contributed by atoms with van der Waals surface area (Å²) in [5.74, 6) is -1.52. The van der Waals surface area contributed by atoms with E-state index in [0.29, 0.717) is 6.42 Å². The van der Waals surface area contributed by atoms with E-state index in [1.165, 1.54) is 19.2 Å². The third kappa shape index (κ3) is 5.05. The van der Waals surface area contributed by atoms with Crippen molar-refractivity contribution in [2.75, 3.05) is 20.2 Å². The summed E-state index contributed by atoms with van der Waals surface area (Å²) in [7, 11) is 1.26. The van der Waals surface area contributed by atoms with Gasteiger partial charge in [0.25, 0.3) is 5.91 Å². The zero-order valence-corrected chi connectivity index (χ0v) is 12.4. The molecule has 0 heterocycles. The molecule has 0 N–H and O–H groups in total. The molecule has 0 saturated carbocycles. The second kappa shape index (κ2) is 7.82. The Morgan fingerprint density at radius 3 is 2.45 bits per heavy atom. The maximum absolute atomic E-state index is 12.9. The number of amides is 1. The molecular weight excluding hydrogens is 299 g/mol. The molecule has 1 aromatic carbocycles. The van der Waals surface area contributed by atoms with E-state index in [0.717, 1.165) is 23.5 Å². The number of esters is 1. The smallest absolute Gasteiger partial charge is 0.417 e. The molecule has 0 aromatic heterocycles. The van der Waals surface area contributed by atoms with E-state index in [2.05, 4.69) is 0 Å². The van der Waals surface area contributed by atoms with Crippen LogP contribution in [0.3, 0.4) is 0 Å². The topological polar surface area (TPSA) is 46.6 Å². The van der Waals surface area contributed by atoms with Gasteiger partial charge in [-0.3, -0.25) is 9.59 Å². The van der Waals surface area contributed by atoms with Crippen molar-refractivity contribution in [3.63, 3.8) is 0 Å². The Kier molecular flexibility index (Phi) is 6.39. The van der Waals surface area contributed by atoms with Crippen LogP contribution in [0.5, 0.6) is 0 Å². The lowest BCUT2D eigenvalue weighted by Gasteiger charge is -2.19. The lowest BCUT2D eigenvalue weighted by atomic mass is 10.1. The summed E-state index contributed by atoms with van der Waals surface area (Å²) in [6.07, 6.45) is -3.09. The zero-order chi connectivity index (χ0) is 16.8. The van der Waals surface area contributed by atoms with Crippen molar-refractivity contribution in [2.45, 2.75) is 25.9 Å². The number of halogens is 3. The van der Waals surface area contributed by atoms with E-state index in [1.807, 2.05) is 6.92 Å².